The SMILES string of the molecule is Cc1cc(CS(=O)c2ccccc2F)no1. The van der Waals surface area contributed by atoms with Crippen LogP contribution < -0.4 is 0 Å². The molecule has 2 rings (SSSR count). The lowest BCUT2D eigenvalue weighted by molar-refractivity contribution is 0.392. The van der Waals surface area contributed by atoms with Crippen molar-refractivity contribution in [1.82, 2.24) is 5.16 Å². The monoisotopic (exact) mass is 239 g/mol. The molecule has 16 heavy (non-hydrogen) atoms. The minimum absolute atomic E-state index is 0.165. The van der Waals surface area contributed by atoms with E-state index in [1.807, 2.05) is 0 Å². The maximum atomic E-state index is 13.3. The minimum Gasteiger partial charge on any atom is -0.361 e. The van der Waals surface area contributed by atoms with Gasteiger partial charge in [0.05, 0.1) is 27.1 Å². The predicted octanol–water partition coefficient (Wildman–Crippen LogP) is 2.43. The lowest BCUT2D eigenvalue weighted by Gasteiger charge is -2.00. The fourth-order valence-corrected chi connectivity index (χ4v) is 2.40. The third-order valence-electron chi connectivity index (χ3n) is 2.04. The molecule has 1 unspecified atom stereocenters. The van der Waals surface area contributed by atoms with Crippen LogP contribution in [0.15, 0.2) is 39.8 Å². The molecule has 0 aliphatic rings. The number of hydrogen-bond donors (Lipinski definition) is 0. The maximum Gasteiger partial charge on any atom is 0.139 e. The van der Waals surface area contributed by atoms with Gasteiger partial charge in [-0.2, -0.15) is 0 Å². The summed E-state index contributed by atoms with van der Waals surface area (Å²) in [5, 5.41) is 3.72. The summed E-state index contributed by atoms with van der Waals surface area (Å²) in [7, 11) is -1.43. The first-order chi connectivity index (χ1) is 7.66. The number of benzene rings is 1. The van der Waals surface area contributed by atoms with E-state index in [9.17, 15) is 8.60 Å². The first kappa shape index (κ1) is 11.0. The van der Waals surface area contributed by atoms with Gasteiger partial charge in [0.2, 0.25) is 0 Å². The van der Waals surface area contributed by atoms with E-state index in [0.29, 0.717) is 11.5 Å². The molecule has 2 aromatic rings. The van der Waals surface area contributed by atoms with Crippen molar-refractivity contribution in [3.63, 3.8) is 0 Å². The van der Waals surface area contributed by atoms with Crippen LogP contribution in [0.4, 0.5) is 4.39 Å². The van der Waals surface area contributed by atoms with Gasteiger partial charge in [-0.25, -0.2) is 4.39 Å². The van der Waals surface area contributed by atoms with E-state index in [2.05, 4.69) is 5.16 Å². The fraction of sp³-hybridized carbons (Fsp3) is 0.182. The molecule has 0 saturated heterocycles. The van der Waals surface area contributed by atoms with Crippen LogP contribution in [0.25, 0.3) is 0 Å². The maximum absolute atomic E-state index is 13.3. The molecule has 0 fully saturated rings. The Bertz CT molecular complexity index is 524. The summed E-state index contributed by atoms with van der Waals surface area (Å²) in [4.78, 5) is 0.197. The Morgan fingerprint density at radius 3 is 2.81 bits per heavy atom. The molecule has 1 aromatic heterocycles. The number of rotatable bonds is 3. The van der Waals surface area contributed by atoms with E-state index in [0.717, 1.165) is 0 Å². The van der Waals surface area contributed by atoms with E-state index in [4.69, 9.17) is 4.52 Å². The van der Waals surface area contributed by atoms with Crippen LogP contribution in [0.2, 0.25) is 0 Å². The Morgan fingerprint density at radius 1 is 1.44 bits per heavy atom. The van der Waals surface area contributed by atoms with Gasteiger partial charge in [-0.05, 0) is 19.1 Å². The largest absolute Gasteiger partial charge is 0.361 e. The zero-order valence-corrected chi connectivity index (χ0v) is 9.46. The molecule has 1 atom stereocenters. The summed E-state index contributed by atoms with van der Waals surface area (Å²) in [6, 6.07) is 7.72. The van der Waals surface area contributed by atoms with Gasteiger partial charge in [-0.3, -0.25) is 4.21 Å². The van der Waals surface area contributed by atoms with Crippen LogP contribution in [0.1, 0.15) is 11.5 Å². The van der Waals surface area contributed by atoms with Gasteiger partial charge in [0.15, 0.2) is 0 Å². The molecule has 0 saturated carbocycles. The van der Waals surface area contributed by atoms with Crippen molar-refractivity contribution in [2.24, 2.45) is 0 Å². The lowest BCUT2D eigenvalue weighted by atomic mass is 10.3. The molecule has 0 spiro atoms. The Balaban J connectivity index is 2.18. The number of halogens is 1. The van der Waals surface area contributed by atoms with Gasteiger partial charge in [0, 0.05) is 6.07 Å². The predicted molar refractivity (Wildman–Crippen MR) is 57.8 cm³/mol. The van der Waals surface area contributed by atoms with Crippen LogP contribution in [0.3, 0.4) is 0 Å². The van der Waals surface area contributed by atoms with Crippen LogP contribution in [-0.2, 0) is 16.6 Å². The first-order valence-electron chi connectivity index (χ1n) is 4.72. The molecule has 0 bridgehead atoms. The van der Waals surface area contributed by atoms with E-state index in [1.165, 1.54) is 12.1 Å². The standard InChI is InChI=1S/C11H10FNO2S/c1-8-6-9(13-15-8)7-16(14)11-5-3-2-4-10(11)12/h2-6H,7H2,1H3. The Morgan fingerprint density at radius 2 is 2.19 bits per heavy atom. The van der Waals surface area contributed by atoms with E-state index in [1.54, 1.807) is 25.1 Å². The van der Waals surface area contributed by atoms with Gasteiger partial charge in [-0.15, -0.1) is 0 Å². The Hall–Kier alpha value is -1.49. The molecule has 0 aliphatic carbocycles. The molecule has 3 nitrogen and oxygen atoms in total. The molecule has 1 aromatic carbocycles. The molecule has 0 radical (unpaired) electrons. The second-order valence-corrected chi connectivity index (χ2v) is 4.77. The third-order valence-corrected chi connectivity index (χ3v) is 3.42. The second kappa shape index (κ2) is 4.57. The molecular formula is C11H10FNO2S. The van der Waals surface area contributed by atoms with E-state index >= 15 is 0 Å². The van der Waals surface area contributed by atoms with Crippen molar-refractivity contribution in [3.8, 4) is 0 Å². The Kier molecular flexibility index (Phi) is 3.14. The quantitative estimate of drug-likeness (QED) is 0.826. The highest BCUT2D eigenvalue weighted by molar-refractivity contribution is 7.84. The van der Waals surface area contributed by atoms with Gasteiger partial charge in [0.1, 0.15) is 11.6 Å². The zero-order chi connectivity index (χ0) is 11.5. The number of aromatic nitrogens is 1. The topological polar surface area (TPSA) is 43.1 Å². The van der Waals surface area contributed by atoms with Crippen LogP contribution >= 0.6 is 0 Å². The average molecular weight is 239 g/mol. The van der Waals surface area contributed by atoms with Gasteiger partial charge in [0.25, 0.3) is 0 Å². The minimum atomic E-state index is -1.43. The Labute approximate surface area is 94.7 Å². The molecule has 5 heteroatoms. The molecule has 84 valence electrons. The van der Waals surface area contributed by atoms with Crippen LogP contribution in [-0.4, -0.2) is 9.37 Å². The molecule has 0 amide bonds. The first-order valence-corrected chi connectivity index (χ1v) is 6.04. The van der Waals surface area contributed by atoms with Crippen molar-refractivity contribution in [3.05, 3.63) is 47.6 Å². The average Bonchev–Trinajstić information content (AvgIpc) is 2.64. The van der Waals surface area contributed by atoms with Crippen LogP contribution in [0, 0.1) is 12.7 Å². The summed E-state index contributed by atoms with van der Waals surface area (Å²) >= 11 is 0. The highest BCUT2D eigenvalue weighted by Gasteiger charge is 2.12. The second-order valence-electron chi connectivity index (χ2n) is 3.35. The summed E-state index contributed by atoms with van der Waals surface area (Å²) < 4.78 is 30.0. The normalized spacial score (nSPS) is 12.6. The summed E-state index contributed by atoms with van der Waals surface area (Å²) in [5.41, 5.74) is 0.569. The van der Waals surface area contributed by atoms with Crippen molar-refractivity contribution in [2.45, 2.75) is 17.6 Å². The fourth-order valence-electron chi connectivity index (χ4n) is 1.33. The number of aryl methyl sites for hydroxylation is 1. The number of nitrogens with zero attached hydrogens (tertiary/aromatic N) is 1. The molecular weight excluding hydrogens is 229 g/mol. The van der Waals surface area contributed by atoms with Crippen molar-refractivity contribution < 1.29 is 13.1 Å². The van der Waals surface area contributed by atoms with Crippen molar-refractivity contribution >= 4 is 10.8 Å². The van der Waals surface area contributed by atoms with Gasteiger partial charge < -0.3 is 4.52 Å². The third kappa shape index (κ3) is 2.36. The summed E-state index contributed by atoms with van der Waals surface area (Å²) in [6.07, 6.45) is 0. The highest BCUT2D eigenvalue weighted by Crippen LogP contribution is 2.15. The van der Waals surface area contributed by atoms with Crippen LogP contribution in [0.5, 0.6) is 0 Å². The highest BCUT2D eigenvalue weighted by atomic mass is 32.2. The number of hydrogen-bond acceptors (Lipinski definition) is 3. The van der Waals surface area contributed by atoms with Gasteiger partial charge >= 0.3 is 0 Å². The molecule has 0 aliphatic heterocycles. The van der Waals surface area contributed by atoms with Crippen molar-refractivity contribution in [1.29, 1.82) is 0 Å². The summed E-state index contributed by atoms with van der Waals surface area (Å²) in [6.45, 7) is 1.75. The van der Waals surface area contributed by atoms with E-state index < -0.39 is 16.6 Å². The van der Waals surface area contributed by atoms with Crippen molar-refractivity contribution in [2.75, 3.05) is 0 Å². The van der Waals surface area contributed by atoms with Gasteiger partial charge in [-0.1, -0.05) is 17.3 Å². The zero-order valence-electron chi connectivity index (χ0n) is 8.64. The smallest absolute Gasteiger partial charge is 0.139 e. The van der Waals surface area contributed by atoms with E-state index in [-0.39, 0.29) is 10.6 Å². The molecule has 0 N–H and O–H groups in total. The summed E-state index contributed by atoms with van der Waals surface area (Å²) in [5.74, 6) is 0.361. The molecule has 1 heterocycles. The lowest BCUT2D eigenvalue weighted by Crippen LogP contribution is -1.99.